The molecule has 102 valence electrons. The lowest BCUT2D eigenvalue weighted by Crippen LogP contribution is -2.18. The second-order valence-electron chi connectivity index (χ2n) is 4.17. The van der Waals surface area contributed by atoms with Gasteiger partial charge in [-0.15, -0.1) is 0 Å². The minimum atomic E-state index is 0.684. The number of oxazole rings is 1. The quantitative estimate of drug-likeness (QED) is 0.789. The van der Waals surface area contributed by atoms with Crippen LogP contribution in [0, 0.1) is 6.92 Å². The number of nitrogens with zero attached hydrogens (tertiary/aromatic N) is 1. The van der Waals surface area contributed by atoms with Gasteiger partial charge in [-0.3, -0.25) is 0 Å². The first-order chi connectivity index (χ1) is 9.28. The van der Waals surface area contributed by atoms with Crippen LogP contribution in [0.15, 0.2) is 45.1 Å². The standard InChI is InChI=1S/C14H18N2O2S/c1-11-10-18-14(16-11)19-13-5-3-12(4-6-13)9-15-7-8-17-2/h3-6,10,15H,7-9H2,1-2H3. The van der Waals surface area contributed by atoms with Gasteiger partial charge < -0.3 is 14.5 Å². The molecule has 1 N–H and O–H groups in total. The van der Waals surface area contributed by atoms with Crippen LogP contribution in [0.25, 0.3) is 0 Å². The Balaban J connectivity index is 1.84. The van der Waals surface area contributed by atoms with Gasteiger partial charge in [0.05, 0.1) is 12.3 Å². The Hall–Kier alpha value is -1.30. The molecule has 0 atom stereocenters. The zero-order chi connectivity index (χ0) is 13.5. The molecule has 0 aliphatic rings. The predicted molar refractivity (Wildman–Crippen MR) is 75.4 cm³/mol. The Kier molecular flexibility index (Phi) is 5.44. The number of hydrogen-bond acceptors (Lipinski definition) is 5. The maximum absolute atomic E-state index is 5.32. The number of methoxy groups -OCH3 is 1. The first-order valence-corrected chi connectivity index (χ1v) is 6.98. The molecule has 0 radical (unpaired) electrons. The second-order valence-corrected chi connectivity index (χ2v) is 5.20. The van der Waals surface area contributed by atoms with Gasteiger partial charge in [0.25, 0.3) is 5.22 Å². The molecule has 1 aromatic heterocycles. The van der Waals surface area contributed by atoms with E-state index in [1.807, 2.05) is 6.92 Å². The van der Waals surface area contributed by atoms with E-state index in [2.05, 4.69) is 34.6 Å². The van der Waals surface area contributed by atoms with Crippen molar-refractivity contribution in [3.8, 4) is 0 Å². The Morgan fingerprint density at radius 1 is 1.32 bits per heavy atom. The van der Waals surface area contributed by atoms with Crippen molar-refractivity contribution < 1.29 is 9.15 Å². The maximum Gasteiger partial charge on any atom is 0.260 e. The summed E-state index contributed by atoms with van der Waals surface area (Å²) < 4.78 is 10.3. The molecule has 0 saturated heterocycles. The third-order valence-corrected chi connectivity index (χ3v) is 3.41. The number of nitrogens with one attached hydrogen (secondary N) is 1. The smallest absolute Gasteiger partial charge is 0.260 e. The van der Waals surface area contributed by atoms with Crippen molar-refractivity contribution in [2.24, 2.45) is 0 Å². The molecule has 0 aliphatic heterocycles. The van der Waals surface area contributed by atoms with E-state index in [1.165, 1.54) is 17.3 Å². The van der Waals surface area contributed by atoms with Gasteiger partial charge in [0.15, 0.2) is 0 Å². The minimum Gasteiger partial charge on any atom is -0.439 e. The van der Waals surface area contributed by atoms with Gasteiger partial charge in [0.1, 0.15) is 6.26 Å². The van der Waals surface area contributed by atoms with E-state index >= 15 is 0 Å². The second kappa shape index (κ2) is 7.33. The molecule has 0 saturated carbocycles. The summed E-state index contributed by atoms with van der Waals surface area (Å²) in [6.07, 6.45) is 1.66. The highest BCUT2D eigenvalue weighted by Gasteiger charge is 2.03. The van der Waals surface area contributed by atoms with Crippen LogP contribution in [0.2, 0.25) is 0 Å². The molecule has 0 unspecified atom stereocenters. The topological polar surface area (TPSA) is 47.3 Å². The number of ether oxygens (including phenoxy) is 1. The summed E-state index contributed by atoms with van der Waals surface area (Å²) >= 11 is 1.53. The van der Waals surface area contributed by atoms with Crippen molar-refractivity contribution in [1.29, 1.82) is 0 Å². The van der Waals surface area contributed by atoms with E-state index < -0.39 is 0 Å². The summed E-state index contributed by atoms with van der Waals surface area (Å²) in [5.41, 5.74) is 2.16. The normalized spacial score (nSPS) is 10.8. The minimum absolute atomic E-state index is 0.684. The molecule has 0 spiro atoms. The third kappa shape index (κ3) is 4.70. The summed E-state index contributed by atoms with van der Waals surface area (Å²) in [6.45, 7) is 4.37. The van der Waals surface area contributed by atoms with E-state index in [9.17, 15) is 0 Å². The lowest BCUT2D eigenvalue weighted by atomic mass is 10.2. The van der Waals surface area contributed by atoms with Crippen LogP contribution in [0.1, 0.15) is 11.3 Å². The van der Waals surface area contributed by atoms with Gasteiger partial charge in [0.2, 0.25) is 0 Å². The van der Waals surface area contributed by atoms with Crippen LogP contribution >= 0.6 is 11.8 Å². The predicted octanol–water partition coefficient (Wildman–Crippen LogP) is 2.87. The van der Waals surface area contributed by atoms with Gasteiger partial charge >= 0.3 is 0 Å². The molecule has 0 amide bonds. The van der Waals surface area contributed by atoms with E-state index in [4.69, 9.17) is 9.15 Å². The lowest BCUT2D eigenvalue weighted by molar-refractivity contribution is 0.199. The maximum atomic E-state index is 5.32. The Morgan fingerprint density at radius 3 is 2.74 bits per heavy atom. The first kappa shape index (κ1) is 14.1. The SMILES string of the molecule is COCCNCc1ccc(Sc2nc(C)co2)cc1. The Morgan fingerprint density at radius 2 is 2.11 bits per heavy atom. The molecule has 0 aliphatic carbocycles. The molecule has 0 fully saturated rings. The van der Waals surface area contributed by atoms with Crippen LogP contribution < -0.4 is 5.32 Å². The van der Waals surface area contributed by atoms with E-state index in [1.54, 1.807) is 13.4 Å². The van der Waals surface area contributed by atoms with Crippen LogP contribution in [-0.2, 0) is 11.3 Å². The molecular weight excluding hydrogens is 260 g/mol. The molecule has 1 aromatic carbocycles. The van der Waals surface area contributed by atoms with Crippen LogP contribution in [-0.4, -0.2) is 25.2 Å². The third-order valence-electron chi connectivity index (χ3n) is 2.54. The fourth-order valence-corrected chi connectivity index (χ4v) is 2.32. The molecule has 4 nitrogen and oxygen atoms in total. The molecule has 19 heavy (non-hydrogen) atoms. The number of hydrogen-bond donors (Lipinski definition) is 1. The fraction of sp³-hybridized carbons (Fsp3) is 0.357. The van der Waals surface area contributed by atoms with Crippen LogP contribution in [0.5, 0.6) is 0 Å². The van der Waals surface area contributed by atoms with Crippen molar-refractivity contribution in [2.75, 3.05) is 20.3 Å². The molecule has 0 bridgehead atoms. The van der Waals surface area contributed by atoms with Crippen molar-refractivity contribution in [2.45, 2.75) is 23.6 Å². The van der Waals surface area contributed by atoms with E-state index in [0.29, 0.717) is 5.22 Å². The number of aryl methyl sites for hydroxylation is 1. The van der Waals surface area contributed by atoms with Crippen LogP contribution in [0.3, 0.4) is 0 Å². The fourth-order valence-electron chi connectivity index (χ4n) is 1.56. The van der Waals surface area contributed by atoms with Crippen molar-refractivity contribution in [3.63, 3.8) is 0 Å². The summed E-state index contributed by atoms with van der Waals surface area (Å²) in [5.74, 6) is 0. The van der Waals surface area contributed by atoms with Gasteiger partial charge in [-0.1, -0.05) is 12.1 Å². The zero-order valence-corrected chi connectivity index (χ0v) is 12.0. The first-order valence-electron chi connectivity index (χ1n) is 6.16. The molecular formula is C14H18N2O2S. The average molecular weight is 278 g/mol. The van der Waals surface area contributed by atoms with Gasteiger partial charge in [-0.25, -0.2) is 4.98 Å². The average Bonchev–Trinajstić information content (AvgIpc) is 2.82. The molecule has 2 aromatic rings. The highest BCUT2D eigenvalue weighted by molar-refractivity contribution is 7.99. The lowest BCUT2D eigenvalue weighted by Gasteiger charge is -2.05. The van der Waals surface area contributed by atoms with Gasteiger partial charge in [-0.2, -0.15) is 0 Å². The van der Waals surface area contributed by atoms with Crippen molar-refractivity contribution in [1.82, 2.24) is 10.3 Å². The Bertz CT molecular complexity index is 496. The van der Waals surface area contributed by atoms with Crippen molar-refractivity contribution in [3.05, 3.63) is 41.8 Å². The highest BCUT2D eigenvalue weighted by Crippen LogP contribution is 2.26. The summed E-state index contributed by atoms with van der Waals surface area (Å²) in [4.78, 5) is 5.40. The summed E-state index contributed by atoms with van der Waals surface area (Å²) in [7, 11) is 1.71. The van der Waals surface area contributed by atoms with Crippen molar-refractivity contribution >= 4 is 11.8 Å². The summed E-state index contributed by atoms with van der Waals surface area (Å²) in [6, 6.07) is 8.38. The molecule has 2 rings (SSSR count). The van der Waals surface area contributed by atoms with Gasteiger partial charge in [-0.05, 0) is 36.4 Å². The highest BCUT2D eigenvalue weighted by atomic mass is 32.2. The largest absolute Gasteiger partial charge is 0.439 e. The number of rotatable bonds is 7. The number of aromatic nitrogens is 1. The van der Waals surface area contributed by atoms with Crippen LogP contribution in [0.4, 0.5) is 0 Å². The zero-order valence-electron chi connectivity index (χ0n) is 11.2. The summed E-state index contributed by atoms with van der Waals surface area (Å²) in [5, 5.41) is 4.00. The number of benzene rings is 1. The van der Waals surface area contributed by atoms with E-state index in [-0.39, 0.29) is 0 Å². The monoisotopic (exact) mass is 278 g/mol. The molecule has 1 heterocycles. The van der Waals surface area contributed by atoms with Gasteiger partial charge in [0, 0.05) is 25.1 Å². The molecule has 5 heteroatoms. The van der Waals surface area contributed by atoms with E-state index in [0.717, 1.165) is 30.3 Å². The Labute approximate surface area is 117 Å².